The zero-order chi connectivity index (χ0) is 19.6. The zero-order valence-corrected chi connectivity index (χ0v) is 20.5. The SMILES string of the molecule is [CH2-]CCCCCNN(C(C)=O)c1ccc(C(C)(C)C(O)CCCC)cc1.[Y]. The Bertz CT molecular complexity index is 532. The van der Waals surface area contributed by atoms with E-state index >= 15 is 0 Å². The Morgan fingerprint density at radius 2 is 1.81 bits per heavy atom. The number of nitrogens with zero attached hydrogens (tertiary/aromatic N) is 1. The molecule has 1 rings (SSSR count). The second-order valence-electron chi connectivity index (χ2n) is 7.60. The molecule has 1 atom stereocenters. The first-order valence-corrected chi connectivity index (χ1v) is 9.96. The van der Waals surface area contributed by atoms with Gasteiger partial charge in [-0.15, -0.1) is 0 Å². The van der Waals surface area contributed by atoms with Gasteiger partial charge in [0, 0.05) is 51.6 Å². The Kier molecular flexibility index (Phi) is 13.7. The first-order chi connectivity index (χ1) is 12.3. The average Bonchev–Trinajstić information content (AvgIpc) is 2.62. The Hall–Kier alpha value is -0.286. The van der Waals surface area contributed by atoms with Crippen molar-refractivity contribution in [1.29, 1.82) is 0 Å². The van der Waals surface area contributed by atoms with Crippen LogP contribution < -0.4 is 10.4 Å². The number of benzene rings is 1. The van der Waals surface area contributed by atoms with Crippen molar-refractivity contribution in [3.8, 4) is 0 Å². The third-order valence-electron chi connectivity index (χ3n) is 5.05. The van der Waals surface area contributed by atoms with E-state index in [4.69, 9.17) is 0 Å². The number of aliphatic hydroxyl groups excluding tert-OH is 1. The number of hydrazine groups is 1. The summed E-state index contributed by atoms with van der Waals surface area (Å²) in [4.78, 5) is 12.0. The summed E-state index contributed by atoms with van der Waals surface area (Å²) in [6.45, 7) is 12.5. The summed E-state index contributed by atoms with van der Waals surface area (Å²) in [5.74, 6) is -0.0304. The number of rotatable bonds is 12. The van der Waals surface area contributed by atoms with Gasteiger partial charge in [-0.05, 0) is 30.5 Å². The van der Waals surface area contributed by atoms with E-state index in [0.29, 0.717) is 0 Å². The maximum Gasteiger partial charge on any atom is 0.238 e. The molecule has 0 aliphatic heterocycles. The smallest absolute Gasteiger partial charge is 0.238 e. The fourth-order valence-corrected chi connectivity index (χ4v) is 3.04. The average molecular weight is 450 g/mol. The molecule has 0 bridgehead atoms. The maximum atomic E-state index is 12.0. The van der Waals surface area contributed by atoms with E-state index in [-0.39, 0.29) is 50.1 Å². The summed E-state index contributed by atoms with van der Waals surface area (Å²) in [5, 5.41) is 12.1. The quantitative estimate of drug-likeness (QED) is 0.274. The number of hydrogen-bond acceptors (Lipinski definition) is 3. The molecule has 1 amide bonds. The Balaban J connectivity index is 0.00000676. The molecule has 1 aromatic rings. The summed E-state index contributed by atoms with van der Waals surface area (Å²) in [6.07, 6.45) is 6.75. The molecule has 2 N–H and O–H groups in total. The van der Waals surface area contributed by atoms with Gasteiger partial charge in [0.2, 0.25) is 5.91 Å². The van der Waals surface area contributed by atoms with Crippen molar-refractivity contribution < 1.29 is 42.6 Å². The summed E-state index contributed by atoms with van der Waals surface area (Å²) < 4.78 is 0. The molecule has 151 valence electrons. The maximum absolute atomic E-state index is 12.0. The standard InChI is InChI=1S/C22H37N2O2.Y/c1-6-8-10-11-17-23-24(18(3)25)20-15-13-19(14-16-20)22(4,5)21(26)12-9-7-2;/h13-16,21,23,26H,1,6-12,17H2,2-5H3;/q-1;. The monoisotopic (exact) mass is 450 g/mol. The van der Waals surface area contributed by atoms with Crippen LogP contribution in [0.4, 0.5) is 5.69 Å². The molecule has 0 fully saturated rings. The minimum atomic E-state index is -0.372. The molecule has 27 heavy (non-hydrogen) atoms. The van der Waals surface area contributed by atoms with E-state index in [2.05, 4.69) is 33.1 Å². The van der Waals surface area contributed by atoms with Gasteiger partial charge in [0.05, 0.1) is 11.8 Å². The molecule has 4 nitrogen and oxygen atoms in total. The minimum absolute atomic E-state index is 0. The molecule has 0 aromatic heterocycles. The second-order valence-corrected chi connectivity index (χ2v) is 7.60. The number of unbranched alkanes of at least 4 members (excludes halogenated alkanes) is 4. The second kappa shape index (κ2) is 13.8. The number of amides is 1. The van der Waals surface area contributed by atoms with Crippen molar-refractivity contribution in [2.45, 2.75) is 84.2 Å². The predicted molar refractivity (Wildman–Crippen MR) is 110 cm³/mol. The molecule has 0 spiro atoms. The summed E-state index contributed by atoms with van der Waals surface area (Å²) in [5.41, 5.74) is 4.83. The fraction of sp³-hybridized carbons (Fsp3) is 0.636. The first-order valence-electron chi connectivity index (χ1n) is 9.96. The van der Waals surface area contributed by atoms with E-state index in [9.17, 15) is 9.90 Å². The van der Waals surface area contributed by atoms with E-state index in [1.807, 2.05) is 24.3 Å². The summed E-state index contributed by atoms with van der Waals surface area (Å²) in [6, 6.07) is 7.94. The molecule has 0 heterocycles. The number of carbonyl (C=O) groups is 1. The first kappa shape index (κ1) is 26.7. The number of nitrogens with one attached hydrogen (secondary N) is 1. The summed E-state index contributed by atoms with van der Waals surface area (Å²) >= 11 is 0. The third-order valence-corrected chi connectivity index (χ3v) is 5.05. The Labute approximate surface area is 191 Å². The van der Waals surface area contributed by atoms with Crippen LogP contribution in [0, 0.1) is 6.92 Å². The molecular formula is C22H37N2O2Y-. The molecule has 0 aliphatic rings. The molecule has 0 aliphatic carbocycles. The van der Waals surface area contributed by atoms with Crippen molar-refractivity contribution in [3.05, 3.63) is 36.8 Å². The predicted octanol–water partition coefficient (Wildman–Crippen LogP) is 4.76. The van der Waals surface area contributed by atoms with Gasteiger partial charge in [-0.3, -0.25) is 4.79 Å². The van der Waals surface area contributed by atoms with Crippen molar-refractivity contribution in [3.63, 3.8) is 0 Å². The van der Waals surface area contributed by atoms with E-state index in [0.717, 1.165) is 62.7 Å². The Morgan fingerprint density at radius 3 is 2.33 bits per heavy atom. The topological polar surface area (TPSA) is 52.6 Å². The molecular weight excluding hydrogens is 413 g/mol. The van der Waals surface area contributed by atoms with Gasteiger partial charge in [0.15, 0.2) is 0 Å². The van der Waals surface area contributed by atoms with Gasteiger partial charge < -0.3 is 12.0 Å². The van der Waals surface area contributed by atoms with Gasteiger partial charge in [0.1, 0.15) is 0 Å². The third kappa shape index (κ3) is 8.72. The van der Waals surface area contributed by atoms with Crippen LogP contribution in [0.1, 0.15) is 78.2 Å². The van der Waals surface area contributed by atoms with E-state index < -0.39 is 0 Å². The van der Waals surface area contributed by atoms with E-state index in [1.54, 1.807) is 11.9 Å². The molecule has 1 radical (unpaired) electrons. The number of hydrogen-bond donors (Lipinski definition) is 2. The zero-order valence-electron chi connectivity index (χ0n) is 17.6. The van der Waals surface area contributed by atoms with Gasteiger partial charge >= 0.3 is 0 Å². The van der Waals surface area contributed by atoms with Gasteiger partial charge in [-0.2, -0.15) is 6.42 Å². The van der Waals surface area contributed by atoms with Crippen LogP contribution in [0.5, 0.6) is 0 Å². The molecule has 1 aromatic carbocycles. The Morgan fingerprint density at radius 1 is 1.19 bits per heavy atom. The normalized spacial score (nSPS) is 12.4. The van der Waals surface area contributed by atoms with Crippen LogP contribution >= 0.6 is 0 Å². The van der Waals surface area contributed by atoms with Crippen LogP contribution in [-0.4, -0.2) is 23.7 Å². The van der Waals surface area contributed by atoms with Crippen molar-refractivity contribution in [1.82, 2.24) is 5.43 Å². The molecule has 1 unspecified atom stereocenters. The van der Waals surface area contributed by atoms with Gasteiger partial charge in [-0.1, -0.05) is 58.6 Å². The van der Waals surface area contributed by atoms with Crippen LogP contribution in [0.15, 0.2) is 24.3 Å². The largest absolute Gasteiger partial charge is 0.392 e. The van der Waals surface area contributed by atoms with Crippen LogP contribution in [0.25, 0.3) is 0 Å². The van der Waals surface area contributed by atoms with Gasteiger partial charge in [-0.25, -0.2) is 10.4 Å². The number of carbonyl (C=O) groups excluding carboxylic acids is 1. The van der Waals surface area contributed by atoms with Crippen molar-refractivity contribution in [2.75, 3.05) is 11.6 Å². The molecule has 0 saturated carbocycles. The molecule has 5 heteroatoms. The van der Waals surface area contributed by atoms with Crippen molar-refractivity contribution >= 4 is 11.6 Å². The molecule has 0 saturated heterocycles. The van der Waals surface area contributed by atoms with Crippen LogP contribution in [-0.2, 0) is 42.9 Å². The minimum Gasteiger partial charge on any atom is -0.392 e. The number of aliphatic hydroxyl groups is 1. The number of anilines is 1. The van der Waals surface area contributed by atoms with Crippen molar-refractivity contribution in [2.24, 2.45) is 0 Å². The van der Waals surface area contributed by atoms with E-state index in [1.165, 1.54) is 0 Å². The fourth-order valence-electron chi connectivity index (χ4n) is 3.04. The summed E-state index contributed by atoms with van der Waals surface area (Å²) in [7, 11) is 0. The van der Waals surface area contributed by atoms with Gasteiger partial charge in [0.25, 0.3) is 0 Å². The van der Waals surface area contributed by atoms with Crippen LogP contribution in [0.2, 0.25) is 0 Å². The van der Waals surface area contributed by atoms with Crippen LogP contribution in [0.3, 0.4) is 0 Å².